The quantitative estimate of drug-likeness (QED) is 0.193. The molecular formula is C19H41IN4O2. The van der Waals surface area contributed by atoms with Gasteiger partial charge in [0.05, 0.1) is 19.3 Å². The van der Waals surface area contributed by atoms with Crippen LogP contribution in [0.5, 0.6) is 0 Å². The normalized spacial score (nSPS) is 18.7. The first-order valence-electron chi connectivity index (χ1n) is 10.1. The van der Waals surface area contributed by atoms with Crippen molar-refractivity contribution in [1.82, 2.24) is 15.5 Å². The zero-order chi connectivity index (χ0) is 18.3. The Labute approximate surface area is 177 Å². The van der Waals surface area contributed by atoms with Gasteiger partial charge in [-0.1, -0.05) is 27.2 Å². The lowest BCUT2D eigenvalue weighted by molar-refractivity contribution is -0.0261. The van der Waals surface area contributed by atoms with Crippen LogP contribution in [0.3, 0.4) is 0 Å². The first-order valence-corrected chi connectivity index (χ1v) is 10.1. The van der Waals surface area contributed by atoms with Gasteiger partial charge in [0, 0.05) is 45.9 Å². The average molecular weight is 484 g/mol. The van der Waals surface area contributed by atoms with Crippen LogP contribution in [0.4, 0.5) is 0 Å². The van der Waals surface area contributed by atoms with Crippen LogP contribution in [0.15, 0.2) is 4.99 Å². The summed E-state index contributed by atoms with van der Waals surface area (Å²) in [4.78, 5) is 7.19. The molecule has 156 valence electrons. The largest absolute Gasteiger partial charge is 0.381 e. The smallest absolute Gasteiger partial charge is 0.191 e. The summed E-state index contributed by atoms with van der Waals surface area (Å²) in [5, 5.41) is 6.69. The third kappa shape index (κ3) is 13.1. The standard InChI is InChI=1S/C19H40N4O2.HI/c1-5-7-11-24-12-8-9-21-19(20-6-2)22-14-18-16-23(10-13-25-18)15-17(3)4;/h17-18H,5-16H2,1-4H3,(H2,20,21,22);1H. The Bertz CT molecular complexity index is 356. The molecule has 0 aromatic heterocycles. The SMILES string of the molecule is CCCCOCCCNC(=NCC1CN(CC(C)C)CCO1)NCC.I. The molecule has 0 amide bonds. The second kappa shape index (κ2) is 17.0. The molecule has 0 aromatic rings. The zero-order valence-electron chi connectivity index (χ0n) is 17.3. The molecule has 1 unspecified atom stereocenters. The van der Waals surface area contributed by atoms with Gasteiger partial charge in [0.2, 0.25) is 0 Å². The summed E-state index contributed by atoms with van der Waals surface area (Å²) in [6.45, 7) is 16.9. The molecule has 6 nitrogen and oxygen atoms in total. The summed E-state index contributed by atoms with van der Waals surface area (Å²) in [5.41, 5.74) is 0. The highest BCUT2D eigenvalue weighted by Crippen LogP contribution is 2.08. The molecule has 7 heteroatoms. The number of nitrogens with one attached hydrogen (secondary N) is 2. The first kappa shape index (κ1) is 25.9. The molecule has 0 bridgehead atoms. The summed E-state index contributed by atoms with van der Waals surface area (Å²) in [5.74, 6) is 1.57. The third-order valence-electron chi connectivity index (χ3n) is 4.04. The fourth-order valence-corrected chi connectivity index (χ4v) is 2.84. The van der Waals surface area contributed by atoms with Crippen molar-refractivity contribution >= 4 is 29.9 Å². The van der Waals surface area contributed by atoms with Gasteiger partial charge in [-0.15, -0.1) is 24.0 Å². The van der Waals surface area contributed by atoms with Gasteiger partial charge in [-0.2, -0.15) is 0 Å². The van der Waals surface area contributed by atoms with Crippen LogP contribution < -0.4 is 10.6 Å². The Morgan fingerprint density at radius 3 is 2.69 bits per heavy atom. The van der Waals surface area contributed by atoms with Crippen LogP contribution in [0.1, 0.15) is 47.0 Å². The number of halogens is 1. The zero-order valence-corrected chi connectivity index (χ0v) is 19.6. The second-order valence-electron chi connectivity index (χ2n) is 7.11. The van der Waals surface area contributed by atoms with Crippen LogP contribution in [0.2, 0.25) is 0 Å². The van der Waals surface area contributed by atoms with Crippen LogP contribution in [-0.2, 0) is 9.47 Å². The lowest BCUT2D eigenvalue weighted by Crippen LogP contribution is -2.46. The number of morpholine rings is 1. The van der Waals surface area contributed by atoms with Crippen LogP contribution in [0.25, 0.3) is 0 Å². The van der Waals surface area contributed by atoms with Gasteiger partial charge in [0.15, 0.2) is 5.96 Å². The van der Waals surface area contributed by atoms with Crippen molar-refractivity contribution in [3.8, 4) is 0 Å². The van der Waals surface area contributed by atoms with E-state index in [9.17, 15) is 0 Å². The predicted octanol–water partition coefficient (Wildman–Crippen LogP) is 2.72. The van der Waals surface area contributed by atoms with E-state index >= 15 is 0 Å². The molecule has 0 radical (unpaired) electrons. The van der Waals surface area contributed by atoms with Crippen molar-refractivity contribution in [3.05, 3.63) is 0 Å². The van der Waals surface area contributed by atoms with Gasteiger partial charge in [-0.25, -0.2) is 0 Å². The molecule has 0 saturated carbocycles. The number of nitrogens with zero attached hydrogens (tertiary/aromatic N) is 2. The number of guanidine groups is 1. The Kier molecular flexibility index (Phi) is 16.9. The average Bonchev–Trinajstić information content (AvgIpc) is 2.58. The van der Waals surface area contributed by atoms with Crippen molar-refractivity contribution < 1.29 is 9.47 Å². The highest BCUT2D eigenvalue weighted by molar-refractivity contribution is 14.0. The minimum absolute atomic E-state index is 0. The number of hydrogen-bond acceptors (Lipinski definition) is 4. The predicted molar refractivity (Wildman–Crippen MR) is 121 cm³/mol. The van der Waals surface area contributed by atoms with E-state index in [1.807, 2.05) is 0 Å². The molecule has 0 aromatic carbocycles. The van der Waals surface area contributed by atoms with E-state index in [0.29, 0.717) is 12.5 Å². The molecule has 1 atom stereocenters. The first-order chi connectivity index (χ1) is 12.2. The van der Waals surface area contributed by atoms with E-state index in [-0.39, 0.29) is 30.1 Å². The van der Waals surface area contributed by atoms with E-state index in [1.54, 1.807) is 0 Å². The number of ether oxygens (including phenoxy) is 2. The van der Waals surface area contributed by atoms with Crippen molar-refractivity contribution in [2.45, 2.75) is 53.1 Å². The summed E-state index contributed by atoms with van der Waals surface area (Å²) >= 11 is 0. The van der Waals surface area contributed by atoms with Crippen LogP contribution in [-0.4, -0.2) is 76.1 Å². The Hall–Kier alpha value is -0.120. The van der Waals surface area contributed by atoms with E-state index in [0.717, 1.165) is 71.3 Å². The maximum absolute atomic E-state index is 5.87. The monoisotopic (exact) mass is 484 g/mol. The second-order valence-corrected chi connectivity index (χ2v) is 7.11. The van der Waals surface area contributed by atoms with Crippen molar-refractivity contribution in [2.24, 2.45) is 10.9 Å². The molecule has 1 rings (SSSR count). The van der Waals surface area contributed by atoms with E-state index in [2.05, 4.69) is 43.2 Å². The highest BCUT2D eigenvalue weighted by Gasteiger charge is 2.20. The summed E-state index contributed by atoms with van der Waals surface area (Å²) < 4.78 is 11.5. The molecule has 1 heterocycles. The molecular weight excluding hydrogens is 443 g/mol. The lowest BCUT2D eigenvalue weighted by Gasteiger charge is -2.33. The van der Waals surface area contributed by atoms with E-state index in [1.165, 1.54) is 6.42 Å². The molecule has 0 aliphatic carbocycles. The molecule has 1 fully saturated rings. The molecule has 26 heavy (non-hydrogen) atoms. The number of hydrogen-bond donors (Lipinski definition) is 2. The number of aliphatic imine (C=N–C) groups is 1. The van der Waals surface area contributed by atoms with Crippen molar-refractivity contribution in [1.29, 1.82) is 0 Å². The fraction of sp³-hybridized carbons (Fsp3) is 0.947. The highest BCUT2D eigenvalue weighted by atomic mass is 127. The van der Waals surface area contributed by atoms with Crippen LogP contribution >= 0.6 is 24.0 Å². The molecule has 2 N–H and O–H groups in total. The Balaban J connectivity index is 0.00000625. The molecule has 1 saturated heterocycles. The van der Waals surface area contributed by atoms with E-state index in [4.69, 9.17) is 14.5 Å². The molecule has 0 spiro atoms. The molecule has 1 aliphatic heterocycles. The maximum Gasteiger partial charge on any atom is 0.191 e. The third-order valence-corrected chi connectivity index (χ3v) is 4.04. The topological polar surface area (TPSA) is 58.1 Å². The Morgan fingerprint density at radius 1 is 1.23 bits per heavy atom. The number of rotatable bonds is 12. The minimum Gasteiger partial charge on any atom is -0.381 e. The fourth-order valence-electron chi connectivity index (χ4n) is 2.84. The minimum atomic E-state index is 0. The van der Waals surface area contributed by atoms with Gasteiger partial charge in [0.25, 0.3) is 0 Å². The van der Waals surface area contributed by atoms with Gasteiger partial charge in [-0.05, 0) is 25.7 Å². The van der Waals surface area contributed by atoms with Gasteiger partial charge in [0.1, 0.15) is 0 Å². The van der Waals surface area contributed by atoms with Gasteiger partial charge >= 0.3 is 0 Å². The number of unbranched alkanes of at least 4 members (excludes halogenated alkanes) is 1. The van der Waals surface area contributed by atoms with Crippen LogP contribution in [0, 0.1) is 5.92 Å². The summed E-state index contributed by atoms with van der Waals surface area (Å²) in [6.07, 6.45) is 3.52. The Morgan fingerprint density at radius 2 is 2.00 bits per heavy atom. The lowest BCUT2D eigenvalue weighted by atomic mass is 10.2. The van der Waals surface area contributed by atoms with Crippen molar-refractivity contribution in [2.75, 3.05) is 59.1 Å². The summed E-state index contributed by atoms with van der Waals surface area (Å²) in [6, 6.07) is 0. The molecule has 1 aliphatic rings. The summed E-state index contributed by atoms with van der Waals surface area (Å²) in [7, 11) is 0. The van der Waals surface area contributed by atoms with E-state index < -0.39 is 0 Å². The van der Waals surface area contributed by atoms with Gasteiger partial charge in [-0.3, -0.25) is 9.89 Å². The maximum atomic E-state index is 5.87. The van der Waals surface area contributed by atoms with Gasteiger partial charge < -0.3 is 20.1 Å². The van der Waals surface area contributed by atoms with Crippen molar-refractivity contribution in [3.63, 3.8) is 0 Å².